The van der Waals surface area contributed by atoms with Crippen molar-refractivity contribution in [3.8, 4) is 0 Å². The summed E-state index contributed by atoms with van der Waals surface area (Å²) in [5.74, 6) is 0. The van der Waals surface area contributed by atoms with Crippen LogP contribution >= 0.6 is 0 Å². The number of hydrogen-bond donors (Lipinski definition) is 0. The van der Waals surface area contributed by atoms with Crippen LogP contribution in [-0.4, -0.2) is 0 Å². The lowest BCUT2D eigenvalue weighted by Crippen LogP contribution is -2.55. The van der Waals surface area contributed by atoms with Gasteiger partial charge in [-0.2, -0.15) is 4.57 Å². The van der Waals surface area contributed by atoms with Gasteiger partial charge in [-0.05, 0) is 19.3 Å². The van der Waals surface area contributed by atoms with E-state index in [9.17, 15) is 0 Å². The molecule has 1 heteroatoms. The van der Waals surface area contributed by atoms with Gasteiger partial charge in [0, 0.05) is 31.4 Å². The molecule has 0 N–H and O–H groups in total. The molecule has 1 nitrogen and oxygen atoms in total. The highest BCUT2D eigenvalue weighted by Crippen LogP contribution is 2.32. The van der Waals surface area contributed by atoms with Crippen molar-refractivity contribution in [3.63, 3.8) is 0 Å². The molecule has 0 radical (unpaired) electrons. The lowest BCUT2D eigenvalue weighted by molar-refractivity contribution is -0.768. The van der Waals surface area contributed by atoms with Gasteiger partial charge in [0.2, 0.25) is 0 Å². The van der Waals surface area contributed by atoms with Crippen LogP contribution < -0.4 is 4.57 Å². The predicted molar refractivity (Wildman–Crippen MR) is 231 cm³/mol. The minimum Gasteiger partial charge on any atom is -0.200 e. The molecule has 51 heavy (non-hydrogen) atoms. The summed E-state index contributed by atoms with van der Waals surface area (Å²) in [6.07, 6.45) is 64.0. The van der Waals surface area contributed by atoms with Gasteiger partial charge < -0.3 is 0 Å². The van der Waals surface area contributed by atoms with E-state index in [2.05, 4.69) is 55.9 Å². The van der Waals surface area contributed by atoms with E-state index in [1.54, 1.807) is 0 Å². The molecule has 0 aromatic carbocycles. The fraction of sp³-hybridized carbons (Fsp3) is 0.900. The van der Waals surface area contributed by atoms with E-state index in [4.69, 9.17) is 0 Å². The monoisotopic (exact) mass is 711 g/mol. The summed E-state index contributed by atoms with van der Waals surface area (Å²) in [5.41, 5.74) is 0.330. The van der Waals surface area contributed by atoms with Crippen LogP contribution in [0.25, 0.3) is 0 Å². The van der Waals surface area contributed by atoms with Crippen LogP contribution in [0.3, 0.4) is 0 Å². The molecule has 300 valence electrons. The molecule has 0 atom stereocenters. The van der Waals surface area contributed by atoms with Crippen LogP contribution in [0.15, 0.2) is 30.6 Å². The molecule has 0 bridgehead atoms. The van der Waals surface area contributed by atoms with Gasteiger partial charge in [-0.15, -0.1) is 0 Å². The molecule has 0 aliphatic heterocycles. The first kappa shape index (κ1) is 48.2. The summed E-state index contributed by atoms with van der Waals surface area (Å²) in [6.45, 7) is 6.97. The number of unbranched alkanes of at least 4 members (excludes halogenated alkanes) is 35. The van der Waals surface area contributed by atoms with E-state index in [0.717, 1.165) is 0 Å². The maximum absolute atomic E-state index is 2.68. The van der Waals surface area contributed by atoms with Crippen LogP contribution in [0.5, 0.6) is 0 Å². The van der Waals surface area contributed by atoms with Gasteiger partial charge >= 0.3 is 0 Å². The molecule has 0 saturated carbocycles. The second kappa shape index (κ2) is 38.9. The highest BCUT2D eigenvalue weighted by Gasteiger charge is 2.37. The molecule has 1 aromatic heterocycles. The van der Waals surface area contributed by atoms with Crippen molar-refractivity contribution >= 4 is 0 Å². The van der Waals surface area contributed by atoms with E-state index in [1.807, 2.05) is 0 Å². The Morgan fingerprint density at radius 2 is 0.451 bits per heavy atom. The fourth-order valence-corrected chi connectivity index (χ4v) is 8.72. The van der Waals surface area contributed by atoms with Gasteiger partial charge in [-0.3, -0.25) is 0 Å². The molecule has 0 saturated heterocycles. The normalized spacial score (nSPS) is 11.9. The van der Waals surface area contributed by atoms with Gasteiger partial charge in [0.05, 0.1) is 0 Å². The maximum atomic E-state index is 2.68. The molecule has 0 unspecified atom stereocenters. The molecule has 0 aliphatic carbocycles. The second-order valence-electron chi connectivity index (χ2n) is 17.1. The van der Waals surface area contributed by atoms with E-state index in [-0.39, 0.29) is 0 Å². The minimum absolute atomic E-state index is 0.330. The van der Waals surface area contributed by atoms with Crippen LogP contribution in [0.1, 0.15) is 284 Å². The van der Waals surface area contributed by atoms with Gasteiger partial charge in [-0.25, -0.2) is 0 Å². The summed E-state index contributed by atoms with van der Waals surface area (Å²) < 4.78 is 2.68. The Hall–Kier alpha value is -0.850. The van der Waals surface area contributed by atoms with Gasteiger partial charge in [0.25, 0.3) is 0 Å². The Morgan fingerprint density at radius 3 is 0.667 bits per heavy atom. The lowest BCUT2D eigenvalue weighted by atomic mass is 9.81. The third-order valence-corrected chi connectivity index (χ3v) is 12.3. The maximum Gasteiger partial charge on any atom is 0.169 e. The van der Waals surface area contributed by atoms with Crippen molar-refractivity contribution in [2.24, 2.45) is 0 Å². The van der Waals surface area contributed by atoms with Crippen LogP contribution in [-0.2, 0) is 5.54 Å². The molecular formula is C50H96N+. The van der Waals surface area contributed by atoms with E-state index >= 15 is 0 Å². The third-order valence-electron chi connectivity index (χ3n) is 12.3. The first-order chi connectivity index (χ1) is 25.3. The molecule has 0 spiro atoms. The Bertz CT molecular complexity index is 737. The van der Waals surface area contributed by atoms with Crippen LogP contribution in [0.2, 0.25) is 0 Å². The zero-order valence-corrected chi connectivity index (χ0v) is 35.8. The summed E-state index contributed by atoms with van der Waals surface area (Å²) in [4.78, 5) is 0. The molecule has 1 heterocycles. The SMILES string of the molecule is CCCCCCCCCCCCCCCCCC(CCCCCCCCCC)(CCCCCCCCCCCCCCCCC)[n+]1ccccc1. The first-order valence-corrected chi connectivity index (χ1v) is 24.3. The Balaban J connectivity index is 2.42. The summed E-state index contributed by atoms with van der Waals surface area (Å²) in [7, 11) is 0. The van der Waals surface area contributed by atoms with Crippen molar-refractivity contribution in [1.29, 1.82) is 0 Å². The van der Waals surface area contributed by atoms with Gasteiger partial charge in [0.15, 0.2) is 17.9 Å². The molecular weight excluding hydrogens is 615 g/mol. The molecule has 0 aliphatic rings. The predicted octanol–water partition coefficient (Wildman–Crippen LogP) is 17.7. The van der Waals surface area contributed by atoms with Crippen molar-refractivity contribution in [3.05, 3.63) is 30.6 Å². The van der Waals surface area contributed by atoms with Crippen molar-refractivity contribution in [1.82, 2.24) is 0 Å². The fourth-order valence-electron chi connectivity index (χ4n) is 8.72. The first-order valence-electron chi connectivity index (χ1n) is 24.3. The second-order valence-corrected chi connectivity index (χ2v) is 17.1. The highest BCUT2D eigenvalue weighted by molar-refractivity contribution is 4.86. The summed E-state index contributed by atoms with van der Waals surface area (Å²) >= 11 is 0. The van der Waals surface area contributed by atoms with Crippen molar-refractivity contribution in [2.45, 2.75) is 290 Å². The van der Waals surface area contributed by atoms with Crippen molar-refractivity contribution < 1.29 is 4.57 Å². The Morgan fingerprint density at radius 1 is 0.255 bits per heavy atom. The Kier molecular flexibility index (Phi) is 36.7. The summed E-state index contributed by atoms with van der Waals surface area (Å²) in [6, 6.07) is 6.81. The summed E-state index contributed by atoms with van der Waals surface area (Å²) in [5, 5.41) is 0. The number of rotatable bonds is 42. The zero-order chi connectivity index (χ0) is 36.6. The van der Waals surface area contributed by atoms with Crippen LogP contribution in [0, 0.1) is 0 Å². The largest absolute Gasteiger partial charge is 0.200 e. The average molecular weight is 711 g/mol. The number of nitrogens with zero attached hydrogens (tertiary/aromatic N) is 1. The van der Waals surface area contributed by atoms with Crippen LogP contribution in [0.4, 0.5) is 0 Å². The lowest BCUT2D eigenvalue weighted by Gasteiger charge is -2.29. The number of aromatic nitrogens is 1. The van der Waals surface area contributed by atoms with Crippen molar-refractivity contribution in [2.75, 3.05) is 0 Å². The number of pyridine rings is 1. The molecule has 1 aromatic rings. The van der Waals surface area contributed by atoms with E-state index < -0.39 is 0 Å². The van der Waals surface area contributed by atoms with E-state index in [1.165, 1.54) is 263 Å². The smallest absolute Gasteiger partial charge is 0.169 e. The zero-order valence-electron chi connectivity index (χ0n) is 35.8. The van der Waals surface area contributed by atoms with E-state index in [0.29, 0.717) is 5.54 Å². The molecule has 0 fully saturated rings. The standard InChI is InChI=1S/C50H96N/c1-4-7-10-13-16-19-21-23-25-27-29-31-34-37-41-46-50(51-48-43-39-44-49-51,45-40-36-33-18-15-12-9-6-3)47-42-38-35-32-30-28-26-24-22-20-17-14-11-8-5-2/h39,43-44,48-49H,4-38,40-42,45-47H2,1-3H3/q+1. The topological polar surface area (TPSA) is 3.88 Å². The highest BCUT2D eigenvalue weighted by atomic mass is 15.0. The minimum atomic E-state index is 0.330. The Labute approximate surface area is 323 Å². The van der Waals surface area contributed by atoms with Gasteiger partial charge in [0.1, 0.15) is 0 Å². The number of hydrogen-bond acceptors (Lipinski definition) is 0. The third kappa shape index (κ3) is 30.2. The van der Waals surface area contributed by atoms with Gasteiger partial charge in [-0.1, -0.05) is 252 Å². The molecule has 0 amide bonds. The average Bonchev–Trinajstić information content (AvgIpc) is 3.15. The molecule has 1 rings (SSSR count). The quantitative estimate of drug-likeness (QED) is 0.0470.